The van der Waals surface area contributed by atoms with E-state index in [1.165, 1.54) is 12.0 Å². The van der Waals surface area contributed by atoms with E-state index in [2.05, 4.69) is 27.0 Å². The smallest absolute Gasteiger partial charge is 0.273 e. The van der Waals surface area contributed by atoms with Gasteiger partial charge in [-0.2, -0.15) is 0 Å². The number of rotatable bonds is 6. The Hall–Kier alpha value is -1.98. The molecule has 1 atom stereocenters. The third-order valence-electron chi connectivity index (χ3n) is 5.11. The lowest BCUT2D eigenvalue weighted by atomic mass is 9.97. The second kappa shape index (κ2) is 9.29. The molecule has 1 amide bonds. The molecule has 2 aromatic rings. The van der Waals surface area contributed by atoms with Gasteiger partial charge in [0.2, 0.25) is 0 Å². The Kier molecular flexibility index (Phi) is 6.80. The van der Waals surface area contributed by atoms with Gasteiger partial charge in [-0.05, 0) is 56.3 Å². The number of hydrogen-bond donors (Lipinski definition) is 0. The van der Waals surface area contributed by atoms with E-state index >= 15 is 0 Å². The number of nitrogens with zero attached hydrogens (tertiary/aromatic N) is 4. The highest BCUT2D eigenvalue weighted by atomic mass is 35.5. The molecule has 27 heavy (non-hydrogen) atoms. The second-order valence-corrected chi connectivity index (χ2v) is 7.85. The van der Waals surface area contributed by atoms with Crippen LogP contribution in [0.3, 0.4) is 0 Å². The molecule has 0 unspecified atom stereocenters. The summed E-state index contributed by atoms with van der Waals surface area (Å²) in [5.41, 5.74) is 2.54. The number of aromatic nitrogens is 2. The first-order chi connectivity index (χ1) is 13.0. The zero-order chi connectivity index (χ0) is 19.2. The van der Waals surface area contributed by atoms with Crippen LogP contribution in [0.2, 0.25) is 5.02 Å². The molecule has 0 radical (unpaired) electrons. The Bertz CT molecular complexity index is 748. The van der Waals surface area contributed by atoms with Crippen LogP contribution in [0.4, 0.5) is 0 Å². The van der Waals surface area contributed by atoms with Crippen LogP contribution >= 0.6 is 11.6 Å². The second-order valence-electron chi connectivity index (χ2n) is 7.41. The summed E-state index contributed by atoms with van der Waals surface area (Å²) in [6.07, 6.45) is 6.57. The number of carbonyl (C=O) groups excluding carboxylic acids is 1. The Labute approximate surface area is 166 Å². The molecule has 144 valence electrons. The van der Waals surface area contributed by atoms with Crippen LogP contribution in [-0.4, -0.2) is 58.9 Å². The van der Waals surface area contributed by atoms with Crippen molar-refractivity contribution in [2.24, 2.45) is 5.92 Å². The first-order valence-electron chi connectivity index (χ1n) is 9.52. The predicted octanol–water partition coefficient (Wildman–Crippen LogP) is 3.47. The third kappa shape index (κ3) is 5.75. The Balaban J connectivity index is 1.49. The summed E-state index contributed by atoms with van der Waals surface area (Å²) in [7, 11) is 1.86. The standard InChI is InChI=1S/C21H27ClN4O/c1-16-12-24-20(13-23-16)21(27)25(2)14-18-4-3-10-26(15-18)11-9-17-5-7-19(22)8-6-17/h5-8,12-13,18H,3-4,9-11,14-15H2,1-2H3/t18-/m0/s1. The highest BCUT2D eigenvalue weighted by Gasteiger charge is 2.23. The maximum absolute atomic E-state index is 12.5. The van der Waals surface area contributed by atoms with Gasteiger partial charge < -0.3 is 9.80 Å². The molecule has 0 spiro atoms. The minimum absolute atomic E-state index is 0.0548. The van der Waals surface area contributed by atoms with Crippen molar-refractivity contribution in [2.45, 2.75) is 26.2 Å². The average Bonchev–Trinajstić information content (AvgIpc) is 2.68. The molecule has 0 N–H and O–H groups in total. The van der Waals surface area contributed by atoms with Crippen molar-refractivity contribution in [1.82, 2.24) is 19.8 Å². The highest BCUT2D eigenvalue weighted by molar-refractivity contribution is 6.30. The lowest BCUT2D eigenvalue weighted by Crippen LogP contribution is -2.42. The van der Waals surface area contributed by atoms with Crippen molar-refractivity contribution in [3.63, 3.8) is 0 Å². The SMILES string of the molecule is Cc1cnc(C(=O)N(C)C[C@@H]2CCCN(CCc3ccc(Cl)cc3)C2)cn1. The van der Waals surface area contributed by atoms with Crippen LogP contribution in [0.1, 0.15) is 34.6 Å². The molecule has 0 bridgehead atoms. The van der Waals surface area contributed by atoms with Crippen LogP contribution in [-0.2, 0) is 6.42 Å². The molecule has 6 heteroatoms. The van der Waals surface area contributed by atoms with Gasteiger partial charge in [0, 0.05) is 37.9 Å². The van der Waals surface area contributed by atoms with Crippen molar-refractivity contribution >= 4 is 17.5 Å². The number of likely N-dealkylation sites (tertiary alicyclic amines) is 1. The van der Waals surface area contributed by atoms with E-state index in [0.29, 0.717) is 11.6 Å². The summed E-state index contributed by atoms with van der Waals surface area (Å²) in [6.45, 7) is 5.83. The third-order valence-corrected chi connectivity index (χ3v) is 5.36. The van der Waals surface area contributed by atoms with Gasteiger partial charge in [0.15, 0.2) is 0 Å². The molecule has 1 aliphatic rings. The summed E-state index contributed by atoms with van der Waals surface area (Å²) >= 11 is 5.95. The number of aryl methyl sites for hydroxylation is 1. The quantitative estimate of drug-likeness (QED) is 0.762. The van der Waals surface area contributed by atoms with Gasteiger partial charge in [-0.15, -0.1) is 0 Å². The molecule has 1 aliphatic heterocycles. The number of hydrogen-bond acceptors (Lipinski definition) is 4. The maximum atomic E-state index is 12.5. The zero-order valence-corrected chi connectivity index (χ0v) is 16.8. The number of halogens is 1. The molecule has 1 fully saturated rings. The number of piperidine rings is 1. The van der Waals surface area contributed by atoms with Crippen molar-refractivity contribution in [3.05, 3.63) is 58.6 Å². The molecule has 0 saturated carbocycles. The summed E-state index contributed by atoms with van der Waals surface area (Å²) in [5.74, 6) is 0.442. The van der Waals surface area contributed by atoms with Crippen molar-refractivity contribution in [1.29, 1.82) is 0 Å². The minimum Gasteiger partial charge on any atom is -0.340 e. The normalized spacial score (nSPS) is 17.7. The Morgan fingerprint density at radius 3 is 2.74 bits per heavy atom. The largest absolute Gasteiger partial charge is 0.340 e. The molecule has 1 aromatic carbocycles. The van der Waals surface area contributed by atoms with Crippen LogP contribution in [0.15, 0.2) is 36.7 Å². The first kappa shape index (κ1) is 19.8. The molecular formula is C21H27ClN4O. The van der Waals surface area contributed by atoms with Gasteiger partial charge in [0.1, 0.15) is 5.69 Å². The number of amides is 1. The lowest BCUT2D eigenvalue weighted by Gasteiger charge is -2.34. The van der Waals surface area contributed by atoms with Crippen molar-refractivity contribution < 1.29 is 4.79 Å². The Morgan fingerprint density at radius 2 is 2.04 bits per heavy atom. The molecule has 3 rings (SSSR count). The van der Waals surface area contributed by atoms with E-state index in [9.17, 15) is 4.79 Å². The van der Waals surface area contributed by atoms with Gasteiger partial charge in [0.05, 0.1) is 11.9 Å². The lowest BCUT2D eigenvalue weighted by molar-refractivity contribution is 0.0724. The van der Waals surface area contributed by atoms with Gasteiger partial charge in [0.25, 0.3) is 5.91 Å². The average molecular weight is 387 g/mol. The Morgan fingerprint density at radius 1 is 1.26 bits per heavy atom. The van der Waals surface area contributed by atoms with E-state index in [1.54, 1.807) is 17.3 Å². The number of benzene rings is 1. The van der Waals surface area contributed by atoms with Crippen LogP contribution in [0.5, 0.6) is 0 Å². The van der Waals surface area contributed by atoms with E-state index in [0.717, 1.165) is 49.7 Å². The topological polar surface area (TPSA) is 49.3 Å². The van der Waals surface area contributed by atoms with Crippen molar-refractivity contribution in [3.8, 4) is 0 Å². The van der Waals surface area contributed by atoms with Crippen molar-refractivity contribution in [2.75, 3.05) is 33.2 Å². The fourth-order valence-electron chi connectivity index (χ4n) is 3.61. The van der Waals surface area contributed by atoms with E-state index < -0.39 is 0 Å². The van der Waals surface area contributed by atoms with E-state index in [1.807, 2.05) is 26.1 Å². The highest BCUT2D eigenvalue weighted by Crippen LogP contribution is 2.19. The first-order valence-corrected chi connectivity index (χ1v) is 9.90. The fourth-order valence-corrected chi connectivity index (χ4v) is 3.74. The van der Waals surface area contributed by atoms with Crippen LogP contribution in [0, 0.1) is 12.8 Å². The van der Waals surface area contributed by atoms with Crippen LogP contribution < -0.4 is 0 Å². The van der Waals surface area contributed by atoms with E-state index in [4.69, 9.17) is 11.6 Å². The summed E-state index contributed by atoms with van der Waals surface area (Å²) in [4.78, 5) is 25.2. The summed E-state index contributed by atoms with van der Waals surface area (Å²) in [5, 5.41) is 0.780. The van der Waals surface area contributed by atoms with Crippen LogP contribution in [0.25, 0.3) is 0 Å². The van der Waals surface area contributed by atoms with Gasteiger partial charge >= 0.3 is 0 Å². The fraction of sp³-hybridized carbons (Fsp3) is 0.476. The molecule has 0 aliphatic carbocycles. The summed E-state index contributed by atoms with van der Waals surface area (Å²) in [6, 6.07) is 8.09. The molecule has 2 heterocycles. The zero-order valence-electron chi connectivity index (χ0n) is 16.1. The van der Waals surface area contributed by atoms with Gasteiger partial charge in [-0.1, -0.05) is 23.7 Å². The molecule has 1 saturated heterocycles. The monoisotopic (exact) mass is 386 g/mol. The summed E-state index contributed by atoms with van der Waals surface area (Å²) < 4.78 is 0. The van der Waals surface area contributed by atoms with Gasteiger partial charge in [-0.25, -0.2) is 4.98 Å². The predicted molar refractivity (Wildman–Crippen MR) is 108 cm³/mol. The maximum Gasteiger partial charge on any atom is 0.273 e. The van der Waals surface area contributed by atoms with Gasteiger partial charge in [-0.3, -0.25) is 9.78 Å². The molecule has 5 nitrogen and oxygen atoms in total. The van der Waals surface area contributed by atoms with E-state index in [-0.39, 0.29) is 5.91 Å². The minimum atomic E-state index is -0.0548. The molecular weight excluding hydrogens is 360 g/mol. The number of carbonyl (C=O) groups is 1. The molecule has 1 aromatic heterocycles.